The highest BCUT2D eigenvalue weighted by Gasteiger charge is 2.08. The number of likely N-dealkylation sites (N-methyl/N-ethyl adjacent to an activating group) is 1. The maximum atomic E-state index is 14.3. The second-order valence-corrected chi connectivity index (χ2v) is 6.43. The molecule has 1 aromatic heterocycles. The highest BCUT2D eigenvalue weighted by molar-refractivity contribution is 5.91. The van der Waals surface area contributed by atoms with Gasteiger partial charge >= 0.3 is 0 Å². The third kappa shape index (κ3) is 5.04. The van der Waals surface area contributed by atoms with Gasteiger partial charge in [0, 0.05) is 25.9 Å². The Hall–Kier alpha value is -3.47. The predicted molar refractivity (Wildman–Crippen MR) is 107 cm³/mol. The van der Waals surface area contributed by atoms with Crippen LogP contribution in [0, 0.1) is 12.7 Å². The smallest absolute Gasteiger partial charge is 0.246 e. The second-order valence-electron chi connectivity index (χ2n) is 6.43. The zero-order valence-corrected chi connectivity index (χ0v) is 15.8. The van der Waals surface area contributed by atoms with Crippen molar-refractivity contribution in [2.45, 2.75) is 13.5 Å². The monoisotopic (exact) mass is 376 g/mol. The molecule has 0 aliphatic carbocycles. The van der Waals surface area contributed by atoms with E-state index in [1.807, 2.05) is 31.2 Å². The largest absolute Gasteiger partial charge is 0.453 e. The van der Waals surface area contributed by atoms with E-state index in [4.69, 9.17) is 4.74 Å². The van der Waals surface area contributed by atoms with Crippen molar-refractivity contribution in [1.82, 2.24) is 9.88 Å². The van der Waals surface area contributed by atoms with Crippen LogP contribution in [0.4, 0.5) is 4.39 Å². The van der Waals surface area contributed by atoms with Crippen LogP contribution in [0.15, 0.2) is 73.1 Å². The van der Waals surface area contributed by atoms with Gasteiger partial charge in [0.2, 0.25) is 5.91 Å². The summed E-state index contributed by atoms with van der Waals surface area (Å²) in [4.78, 5) is 17.9. The van der Waals surface area contributed by atoms with E-state index in [0.29, 0.717) is 17.9 Å². The van der Waals surface area contributed by atoms with E-state index in [-0.39, 0.29) is 11.7 Å². The molecule has 1 amide bonds. The highest BCUT2D eigenvalue weighted by Crippen LogP contribution is 2.24. The number of pyridine rings is 1. The molecule has 0 spiro atoms. The summed E-state index contributed by atoms with van der Waals surface area (Å²) in [7, 11) is 1.74. The Kier molecular flexibility index (Phi) is 6.17. The second kappa shape index (κ2) is 8.95. The molecule has 3 aromatic rings. The van der Waals surface area contributed by atoms with Gasteiger partial charge in [-0.2, -0.15) is 0 Å². The molecule has 0 saturated carbocycles. The van der Waals surface area contributed by atoms with Crippen molar-refractivity contribution in [3.63, 3.8) is 0 Å². The minimum Gasteiger partial charge on any atom is -0.453 e. The Balaban J connectivity index is 1.64. The van der Waals surface area contributed by atoms with E-state index in [9.17, 15) is 9.18 Å². The molecular formula is C23H21FN2O2. The van der Waals surface area contributed by atoms with E-state index < -0.39 is 5.82 Å². The number of rotatable bonds is 6. The number of carbonyl (C=O) groups is 1. The van der Waals surface area contributed by atoms with E-state index >= 15 is 0 Å². The van der Waals surface area contributed by atoms with Crippen molar-refractivity contribution in [3.8, 4) is 11.5 Å². The molecule has 0 radical (unpaired) electrons. The third-order valence-corrected chi connectivity index (χ3v) is 4.28. The number of aromatic nitrogens is 1. The first-order valence-electron chi connectivity index (χ1n) is 8.88. The summed E-state index contributed by atoms with van der Waals surface area (Å²) in [5.41, 5.74) is 2.81. The number of ether oxygens (including phenoxy) is 1. The van der Waals surface area contributed by atoms with Crippen molar-refractivity contribution in [2.24, 2.45) is 0 Å². The predicted octanol–water partition coefficient (Wildman–Crippen LogP) is 4.99. The number of hydrogen-bond acceptors (Lipinski definition) is 3. The van der Waals surface area contributed by atoms with Gasteiger partial charge in [-0.3, -0.25) is 9.78 Å². The summed E-state index contributed by atoms with van der Waals surface area (Å²) >= 11 is 0. The Bertz CT molecular complexity index is 987. The number of aryl methyl sites for hydroxylation is 1. The molecule has 28 heavy (non-hydrogen) atoms. The van der Waals surface area contributed by atoms with Crippen molar-refractivity contribution in [3.05, 3.63) is 95.6 Å². The third-order valence-electron chi connectivity index (χ3n) is 4.28. The summed E-state index contributed by atoms with van der Waals surface area (Å²) in [5, 5.41) is 0. The number of halogens is 1. The average Bonchev–Trinajstić information content (AvgIpc) is 2.70. The minimum absolute atomic E-state index is 0.105. The average molecular weight is 376 g/mol. The van der Waals surface area contributed by atoms with Gasteiger partial charge in [0.05, 0.1) is 6.20 Å². The summed E-state index contributed by atoms with van der Waals surface area (Å²) in [6.45, 7) is 2.53. The molecule has 142 valence electrons. The molecule has 0 unspecified atom stereocenters. The lowest BCUT2D eigenvalue weighted by Gasteiger charge is -2.16. The molecule has 1 heterocycles. The number of benzene rings is 2. The van der Waals surface area contributed by atoms with Crippen LogP contribution in [-0.4, -0.2) is 22.8 Å². The minimum atomic E-state index is -0.508. The van der Waals surface area contributed by atoms with Crippen LogP contribution in [0.5, 0.6) is 11.5 Å². The summed E-state index contributed by atoms with van der Waals surface area (Å²) in [5.74, 6) is -0.100. The first kappa shape index (κ1) is 19.3. The quantitative estimate of drug-likeness (QED) is 0.569. The maximum Gasteiger partial charge on any atom is 0.246 e. The SMILES string of the molecule is Cc1ccccc1CN(C)C(=O)/C=C/c1ccc(Oc2cccnc2)c(F)c1. The molecule has 3 rings (SSSR count). The lowest BCUT2D eigenvalue weighted by molar-refractivity contribution is -0.125. The van der Waals surface area contributed by atoms with Gasteiger partial charge in [-0.15, -0.1) is 0 Å². The van der Waals surface area contributed by atoms with Gasteiger partial charge in [-0.25, -0.2) is 4.39 Å². The summed E-state index contributed by atoms with van der Waals surface area (Å²) < 4.78 is 19.7. The lowest BCUT2D eigenvalue weighted by atomic mass is 10.1. The molecule has 0 N–H and O–H groups in total. The van der Waals surface area contributed by atoms with Gasteiger partial charge in [0.1, 0.15) is 5.75 Å². The lowest BCUT2D eigenvalue weighted by Crippen LogP contribution is -2.24. The topological polar surface area (TPSA) is 42.4 Å². The Morgan fingerprint density at radius 2 is 2.00 bits per heavy atom. The first-order valence-corrected chi connectivity index (χ1v) is 8.88. The van der Waals surface area contributed by atoms with E-state index in [1.165, 1.54) is 24.4 Å². The van der Waals surface area contributed by atoms with Crippen molar-refractivity contribution in [1.29, 1.82) is 0 Å². The van der Waals surface area contributed by atoms with Crippen molar-refractivity contribution in [2.75, 3.05) is 7.05 Å². The number of hydrogen-bond donors (Lipinski definition) is 0. The van der Waals surface area contributed by atoms with Gasteiger partial charge in [0.15, 0.2) is 11.6 Å². The van der Waals surface area contributed by atoms with E-state index in [0.717, 1.165) is 11.1 Å². The van der Waals surface area contributed by atoms with Gasteiger partial charge in [-0.05, 0) is 54.0 Å². The van der Waals surface area contributed by atoms with Gasteiger partial charge in [0.25, 0.3) is 0 Å². The van der Waals surface area contributed by atoms with Crippen LogP contribution < -0.4 is 4.74 Å². The molecule has 0 aliphatic rings. The van der Waals surface area contributed by atoms with Crippen LogP contribution in [0.25, 0.3) is 6.08 Å². The van der Waals surface area contributed by atoms with Gasteiger partial charge in [-0.1, -0.05) is 30.3 Å². The standard InChI is InChI=1S/C23H21FN2O2/c1-17-6-3-4-7-19(17)16-26(2)23(27)12-10-18-9-11-22(21(24)14-18)28-20-8-5-13-25-15-20/h3-15H,16H2,1-2H3/b12-10+. The Morgan fingerprint density at radius 3 is 2.71 bits per heavy atom. The fraction of sp³-hybridized carbons (Fsp3) is 0.130. The van der Waals surface area contributed by atoms with Crippen molar-refractivity contribution >= 4 is 12.0 Å². The Labute approximate surface area is 163 Å². The highest BCUT2D eigenvalue weighted by atomic mass is 19.1. The molecule has 4 nitrogen and oxygen atoms in total. The maximum absolute atomic E-state index is 14.3. The molecule has 0 bridgehead atoms. The first-order chi connectivity index (χ1) is 13.5. The zero-order chi connectivity index (χ0) is 19.9. The van der Waals surface area contributed by atoms with Crippen LogP contribution in [-0.2, 0) is 11.3 Å². The fourth-order valence-electron chi connectivity index (χ4n) is 2.65. The van der Waals surface area contributed by atoms with Crippen LogP contribution >= 0.6 is 0 Å². The Morgan fingerprint density at radius 1 is 1.18 bits per heavy atom. The molecule has 0 saturated heterocycles. The normalized spacial score (nSPS) is 10.8. The van der Waals surface area contributed by atoms with Crippen molar-refractivity contribution < 1.29 is 13.9 Å². The van der Waals surface area contributed by atoms with E-state index in [1.54, 1.807) is 42.4 Å². The van der Waals surface area contributed by atoms with E-state index in [2.05, 4.69) is 4.98 Å². The number of nitrogens with zero attached hydrogens (tertiary/aromatic N) is 2. The van der Waals surface area contributed by atoms with Gasteiger partial charge < -0.3 is 9.64 Å². The molecule has 2 aromatic carbocycles. The number of amides is 1. The molecule has 0 atom stereocenters. The van der Waals surface area contributed by atoms with Crippen LogP contribution in [0.2, 0.25) is 0 Å². The summed E-state index contributed by atoms with van der Waals surface area (Å²) in [6.07, 6.45) is 6.16. The fourth-order valence-corrected chi connectivity index (χ4v) is 2.65. The molecule has 5 heteroatoms. The van der Waals surface area contributed by atoms with Crippen LogP contribution in [0.3, 0.4) is 0 Å². The summed E-state index contributed by atoms with van der Waals surface area (Å²) in [6, 6.07) is 15.9. The molecular weight excluding hydrogens is 355 g/mol. The van der Waals surface area contributed by atoms with Crippen LogP contribution in [0.1, 0.15) is 16.7 Å². The molecule has 0 fully saturated rings. The molecule has 0 aliphatic heterocycles. The number of carbonyl (C=O) groups excluding carboxylic acids is 1. The zero-order valence-electron chi connectivity index (χ0n) is 15.8.